The van der Waals surface area contributed by atoms with Crippen LogP contribution in [-0.2, 0) is 9.84 Å². The van der Waals surface area contributed by atoms with Crippen molar-refractivity contribution in [3.63, 3.8) is 0 Å². The number of benzene rings is 1. The van der Waals surface area contributed by atoms with Gasteiger partial charge in [-0.15, -0.1) is 0 Å². The molecule has 0 aliphatic carbocycles. The molecule has 0 spiro atoms. The van der Waals surface area contributed by atoms with Gasteiger partial charge in [0, 0.05) is 25.0 Å². The third-order valence-electron chi connectivity index (χ3n) is 5.95. The fraction of sp³-hybridized carbons (Fsp3) is 0.739. The zero-order valence-corrected chi connectivity index (χ0v) is 17.1. The second kappa shape index (κ2) is 11.1. The Hall–Kier alpha value is -0.900. The molecule has 0 amide bonds. The standard InChI is InChI=1S/C23H38NO2/c1-4-6-7-11-15-22(24-16-18-26-19-17-24)23(3,25)21(12-5-2)20-13-9-8-10-14-20/h8-10,13-14,21-22H,4-7,11-12,15-19H2,1-3H3. The lowest BCUT2D eigenvalue weighted by Gasteiger charge is -2.45. The Bertz CT molecular complexity index is 482. The maximum absolute atomic E-state index is 14.2. The number of hydrogen-bond donors (Lipinski definition) is 0. The predicted octanol–water partition coefficient (Wildman–Crippen LogP) is 5.43. The van der Waals surface area contributed by atoms with Crippen molar-refractivity contribution in [1.29, 1.82) is 0 Å². The molecule has 1 radical (unpaired) electrons. The van der Waals surface area contributed by atoms with Crippen LogP contribution in [0.4, 0.5) is 0 Å². The van der Waals surface area contributed by atoms with E-state index in [-0.39, 0.29) is 12.0 Å². The number of morpholine rings is 1. The maximum Gasteiger partial charge on any atom is 0.123 e. The summed E-state index contributed by atoms with van der Waals surface area (Å²) in [7, 11) is 0. The van der Waals surface area contributed by atoms with Gasteiger partial charge in [0.1, 0.15) is 5.60 Å². The fourth-order valence-corrected chi connectivity index (χ4v) is 4.48. The Morgan fingerprint density at radius 3 is 2.31 bits per heavy atom. The molecular formula is C23H38NO2. The molecule has 1 aliphatic rings. The highest BCUT2D eigenvalue weighted by molar-refractivity contribution is 5.24. The molecule has 26 heavy (non-hydrogen) atoms. The average Bonchev–Trinajstić information content (AvgIpc) is 2.67. The van der Waals surface area contributed by atoms with Crippen molar-refractivity contribution in [2.75, 3.05) is 26.3 Å². The molecule has 0 N–H and O–H groups in total. The smallest absolute Gasteiger partial charge is 0.123 e. The van der Waals surface area contributed by atoms with Gasteiger partial charge >= 0.3 is 0 Å². The van der Waals surface area contributed by atoms with Gasteiger partial charge in [-0.25, -0.2) is 5.11 Å². The van der Waals surface area contributed by atoms with Gasteiger partial charge < -0.3 is 4.74 Å². The summed E-state index contributed by atoms with van der Waals surface area (Å²) in [6.45, 7) is 9.70. The molecule has 1 aliphatic heterocycles. The molecule has 1 aromatic rings. The van der Waals surface area contributed by atoms with Gasteiger partial charge in [-0.3, -0.25) is 4.90 Å². The van der Waals surface area contributed by atoms with Crippen LogP contribution >= 0.6 is 0 Å². The van der Waals surface area contributed by atoms with E-state index in [4.69, 9.17) is 4.74 Å². The first kappa shape index (κ1) is 21.4. The van der Waals surface area contributed by atoms with Crippen LogP contribution in [0, 0.1) is 0 Å². The molecule has 0 aromatic heterocycles. The van der Waals surface area contributed by atoms with Crippen molar-refractivity contribution in [2.45, 2.75) is 83.3 Å². The minimum absolute atomic E-state index is 0.0627. The molecule has 3 unspecified atom stereocenters. The van der Waals surface area contributed by atoms with E-state index >= 15 is 0 Å². The van der Waals surface area contributed by atoms with E-state index in [0.29, 0.717) is 0 Å². The molecule has 2 rings (SSSR count). The molecule has 1 aromatic carbocycles. The van der Waals surface area contributed by atoms with Crippen molar-refractivity contribution in [1.82, 2.24) is 4.90 Å². The monoisotopic (exact) mass is 360 g/mol. The van der Waals surface area contributed by atoms with Gasteiger partial charge in [0.25, 0.3) is 0 Å². The van der Waals surface area contributed by atoms with E-state index in [0.717, 1.165) is 52.0 Å². The van der Waals surface area contributed by atoms with E-state index in [1.54, 1.807) is 0 Å². The van der Waals surface area contributed by atoms with Gasteiger partial charge in [-0.1, -0.05) is 76.3 Å². The predicted molar refractivity (Wildman–Crippen MR) is 108 cm³/mol. The number of unbranched alkanes of at least 4 members (excludes halogenated alkanes) is 3. The van der Waals surface area contributed by atoms with Crippen molar-refractivity contribution >= 4 is 0 Å². The van der Waals surface area contributed by atoms with Gasteiger partial charge in [-0.05, 0) is 25.3 Å². The summed E-state index contributed by atoms with van der Waals surface area (Å²) in [6.07, 6.45) is 7.90. The van der Waals surface area contributed by atoms with Crippen LogP contribution < -0.4 is 0 Å². The van der Waals surface area contributed by atoms with Crippen molar-refractivity contribution in [3.05, 3.63) is 35.9 Å². The molecular weight excluding hydrogens is 322 g/mol. The Labute approximate surface area is 160 Å². The normalized spacial score (nSPS) is 20.5. The summed E-state index contributed by atoms with van der Waals surface area (Å²) in [6, 6.07) is 10.5. The Balaban J connectivity index is 2.22. The summed E-state index contributed by atoms with van der Waals surface area (Å²) >= 11 is 0. The zero-order chi connectivity index (χ0) is 18.8. The zero-order valence-electron chi connectivity index (χ0n) is 17.1. The van der Waals surface area contributed by atoms with E-state index < -0.39 is 5.60 Å². The van der Waals surface area contributed by atoms with Crippen molar-refractivity contribution in [2.24, 2.45) is 0 Å². The summed E-state index contributed by atoms with van der Waals surface area (Å²) < 4.78 is 5.55. The lowest BCUT2D eigenvalue weighted by Crippen LogP contribution is -2.56. The number of rotatable bonds is 11. The highest BCUT2D eigenvalue weighted by atomic mass is 16.5. The van der Waals surface area contributed by atoms with Crippen LogP contribution in [0.2, 0.25) is 0 Å². The van der Waals surface area contributed by atoms with E-state index in [1.807, 2.05) is 13.0 Å². The van der Waals surface area contributed by atoms with Crippen molar-refractivity contribution in [3.8, 4) is 0 Å². The highest BCUT2D eigenvalue weighted by Gasteiger charge is 2.44. The van der Waals surface area contributed by atoms with Gasteiger partial charge in [0.2, 0.25) is 0 Å². The lowest BCUT2D eigenvalue weighted by atomic mass is 9.74. The first-order valence-corrected chi connectivity index (χ1v) is 10.7. The molecule has 0 bridgehead atoms. The van der Waals surface area contributed by atoms with Crippen LogP contribution in [0.15, 0.2) is 30.3 Å². The van der Waals surface area contributed by atoms with Crippen LogP contribution in [-0.4, -0.2) is 42.8 Å². The summed E-state index contributed by atoms with van der Waals surface area (Å²) in [5.41, 5.74) is 0.222. The Morgan fingerprint density at radius 1 is 1.00 bits per heavy atom. The maximum atomic E-state index is 14.2. The summed E-state index contributed by atoms with van der Waals surface area (Å²) in [5.74, 6) is 0.0627. The van der Waals surface area contributed by atoms with Crippen LogP contribution in [0.3, 0.4) is 0 Å². The van der Waals surface area contributed by atoms with Crippen LogP contribution in [0.1, 0.15) is 77.2 Å². The first-order chi connectivity index (χ1) is 12.6. The summed E-state index contributed by atoms with van der Waals surface area (Å²) in [5, 5.41) is 14.2. The lowest BCUT2D eigenvalue weighted by molar-refractivity contribution is -0.122. The topological polar surface area (TPSA) is 32.4 Å². The largest absolute Gasteiger partial charge is 0.379 e. The number of ether oxygens (including phenoxy) is 1. The molecule has 147 valence electrons. The van der Waals surface area contributed by atoms with Gasteiger partial charge in [0.15, 0.2) is 0 Å². The van der Waals surface area contributed by atoms with E-state index in [9.17, 15) is 5.11 Å². The van der Waals surface area contributed by atoms with Gasteiger partial charge in [0.05, 0.1) is 13.2 Å². The van der Waals surface area contributed by atoms with E-state index in [1.165, 1.54) is 24.8 Å². The second-order valence-electron chi connectivity index (χ2n) is 7.95. The minimum Gasteiger partial charge on any atom is -0.379 e. The van der Waals surface area contributed by atoms with Crippen molar-refractivity contribution < 1.29 is 9.84 Å². The highest BCUT2D eigenvalue weighted by Crippen LogP contribution is 2.39. The molecule has 1 saturated heterocycles. The minimum atomic E-state index is -0.985. The third kappa shape index (κ3) is 5.80. The Morgan fingerprint density at radius 2 is 1.69 bits per heavy atom. The first-order valence-electron chi connectivity index (χ1n) is 10.7. The summed E-state index contributed by atoms with van der Waals surface area (Å²) in [4.78, 5) is 2.42. The molecule has 0 saturated carbocycles. The average molecular weight is 361 g/mol. The Kier molecular flexibility index (Phi) is 9.10. The molecule has 3 nitrogen and oxygen atoms in total. The SMILES string of the molecule is CCCCCCC(N1CCOCC1)C(C)([O])C(CCC)c1ccccc1. The fourth-order valence-electron chi connectivity index (χ4n) is 4.48. The van der Waals surface area contributed by atoms with Crippen LogP contribution in [0.25, 0.3) is 0 Å². The quantitative estimate of drug-likeness (QED) is 0.493. The van der Waals surface area contributed by atoms with Gasteiger partial charge in [-0.2, -0.15) is 0 Å². The number of hydrogen-bond acceptors (Lipinski definition) is 2. The molecule has 1 fully saturated rings. The molecule has 3 atom stereocenters. The molecule has 3 heteroatoms. The second-order valence-corrected chi connectivity index (χ2v) is 7.95. The van der Waals surface area contributed by atoms with Crippen LogP contribution in [0.5, 0.6) is 0 Å². The van der Waals surface area contributed by atoms with E-state index in [2.05, 4.69) is 43.0 Å². The number of nitrogens with zero attached hydrogens (tertiary/aromatic N) is 1. The molecule has 1 heterocycles. The third-order valence-corrected chi connectivity index (χ3v) is 5.95.